The maximum absolute atomic E-state index is 6.12. The summed E-state index contributed by atoms with van der Waals surface area (Å²) in [7, 11) is 0. The molecule has 2 rings (SSSR count). The van der Waals surface area contributed by atoms with Crippen molar-refractivity contribution in [1.82, 2.24) is 0 Å². The molecule has 1 saturated carbocycles. The van der Waals surface area contributed by atoms with E-state index < -0.39 is 0 Å². The smallest absolute Gasteiger partial charge is 0.119 e. The average molecular weight is 285 g/mol. The van der Waals surface area contributed by atoms with E-state index in [0.29, 0.717) is 13.2 Å². The topological polar surface area (TPSA) is 27.7 Å². The van der Waals surface area contributed by atoms with E-state index in [9.17, 15) is 0 Å². The van der Waals surface area contributed by atoms with Crippen LogP contribution in [0.2, 0.25) is 0 Å². The molecule has 0 radical (unpaired) electrons. The molecule has 0 bridgehead atoms. The number of ether oxygens (including phenoxy) is 3. The Morgan fingerprint density at radius 3 is 2.58 bits per heavy atom. The van der Waals surface area contributed by atoms with Crippen molar-refractivity contribution in [2.24, 2.45) is 0 Å². The van der Waals surface area contributed by atoms with Gasteiger partial charge < -0.3 is 14.2 Å². The quantitative estimate of drug-likeness (QED) is 0.542. The van der Waals surface area contributed by atoms with E-state index in [1.807, 2.05) is 30.3 Å². The van der Waals surface area contributed by atoms with Crippen LogP contribution in [-0.2, 0) is 9.47 Å². The summed E-state index contributed by atoms with van der Waals surface area (Å²) in [5, 5.41) is 0.0894. The molecule has 4 heteroatoms. The van der Waals surface area contributed by atoms with E-state index in [4.69, 9.17) is 25.8 Å². The van der Waals surface area contributed by atoms with E-state index in [1.54, 1.807) is 0 Å². The van der Waals surface area contributed by atoms with Crippen LogP contribution in [0.4, 0.5) is 0 Å². The van der Waals surface area contributed by atoms with Gasteiger partial charge in [0.1, 0.15) is 18.5 Å². The van der Waals surface area contributed by atoms with Crippen molar-refractivity contribution in [2.45, 2.75) is 37.4 Å². The number of alkyl halides is 1. The highest BCUT2D eigenvalue weighted by molar-refractivity contribution is 6.21. The molecule has 0 aromatic heterocycles. The minimum atomic E-state index is 0.0401. The van der Waals surface area contributed by atoms with Gasteiger partial charge in [-0.1, -0.05) is 25.1 Å². The number of benzene rings is 1. The van der Waals surface area contributed by atoms with Gasteiger partial charge >= 0.3 is 0 Å². The maximum Gasteiger partial charge on any atom is 0.119 e. The summed E-state index contributed by atoms with van der Waals surface area (Å²) in [5.41, 5.74) is 0. The van der Waals surface area contributed by atoms with Crippen LogP contribution < -0.4 is 4.74 Å². The van der Waals surface area contributed by atoms with Gasteiger partial charge in [-0.05, 0) is 25.0 Å². The maximum atomic E-state index is 6.12. The molecule has 3 nitrogen and oxygen atoms in total. The summed E-state index contributed by atoms with van der Waals surface area (Å²) < 4.78 is 17.0. The lowest BCUT2D eigenvalue weighted by Crippen LogP contribution is -2.51. The Labute approximate surface area is 119 Å². The van der Waals surface area contributed by atoms with Crippen LogP contribution in [0.3, 0.4) is 0 Å². The van der Waals surface area contributed by atoms with Crippen molar-refractivity contribution >= 4 is 11.6 Å². The molecule has 0 heterocycles. The molecule has 0 spiro atoms. The third kappa shape index (κ3) is 4.37. The van der Waals surface area contributed by atoms with Crippen LogP contribution >= 0.6 is 11.6 Å². The molecule has 3 atom stereocenters. The minimum absolute atomic E-state index is 0.0401. The first-order valence-electron chi connectivity index (χ1n) is 6.86. The van der Waals surface area contributed by atoms with Gasteiger partial charge in [-0.2, -0.15) is 0 Å². The zero-order chi connectivity index (χ0) is 13.5. The highest BCUT2D eigenvalue weighted by atomic mass is 35.5. The Morgan fingerprint density at radius 2 is 1.89 bits per heavy atom. The highest BCUT2D eigenvalue weighted by Crippen LogP contribution is 2.31. The Balaban J connectivity index is 1.60. The van der Waals surface area contributed by atoms with E-state index in [-0.39, 0.29) is 17.6 Å². The molecule has 0 aliphatic heterocycles. The van der Waals surface area contributed by atoms with Crippen molar-refractivity contribution in [2.75, 3.05) is 19.8 Å². The second-order valence-electron chi connectivity index (χ2n) is 4.66. The fourth-order valence-corrected chi connectivity index (χ4v) is 2.44. The molecular weight excluding hydrogens is 264 g/mol. The van der Waals surface area contributed by atoms with Crippen molar-refractivity contribution in [3.8, 4) is 5.75 Å². The lowest BCUT2D eigenvalue weighted by atomic mass is 9.91. The van der Waals surface area contributed by atoms with E-state index in [2.05, 4.69) is 6.92 Å². The summed E-state index contributed by atoms with van der Waals surface area (Å²) >= 11 is 6.12. The molecule has 3 unspecified atom stereocenters. The molecule has 19 heavy (non-hydrogen) atoms. The van der Waals surface area contributed by atoms with Crippen LogP contribution in [0, 0.1) is 0 Å². The fraction of sp³-hybridized carbons (Fsp3) is 0.600. The molecule has 1 aliphatic carbocycles. The van der Waals surface area contributed by atoms with Gasteiger partial charge in [0.25, 0.3) is 0 Å². The lowest BCUT2D eigenvalue weighted by Gasteiger charge is -2.40. The first-order chi connectivity index (χ1) is 9.31. The number of para-hydroxylation sites is 1. The largest absolute Gasteiger partial charge is 0.491 e. The molecule has 0 amide bonds. The first kappa shape index (κ1) is 14.6. The van der Waals surface area contributed by atoms with Gasteiger partial charge in [0.05, 0.1) is 18.1 Å². The van der Waals surface area contributed by atoms with Crippen molar-refractivity contribution in [1.29, 1.82) is 0 Å². The summed E-state index contributed by atoms with van der Waals surface area (Å²) in [6, 6.07) is 9.74. The zero-order valence-electron chi connectivity index (χ0n) is 11.3. The van der Waals surface area contributed by atoms with E-state index in [1.165, 1.54) is 0 Å². The number of rotatable bonds is 8. The molecule has 1 aromatic rings. The Kier molecular flexibility index (Phi) is 5.95. The third-order valence-corrected chi connectivity index (χ3v) is 3.55. The zero-order valence-corrected chi connectivity index (χ0v) is 12.0. The normalized spacial score (nSPS) is 25.9. The second kappa shape index (κ2) is 7.73. The molecule has 1 aromatic carbocycles. The highest BCUT2D eigenvalue weighted by Gasteiger charge is 2.41. The SMILES string of the molecule is CCCOC1C(Cl)CC1OCCOc1ccccc1. The van der Waals surface area contributed by atoms with E-state index >= 15 is 0 Å². The number of hydrogen-bond acceptors (Lipinski definition) is 3. The first-order valence-corrected chi connectivity index (χ1v) is 7.30. The van der Waals surface area contributed by atoms with Crippen LogP contribution in [0.25, 0.3) is 0 Å². The number of halogens is 1. The van der Waals surface area contributed by atoms with E-state index in [0.717, 1.165) is 25.2 Å². The van der Waals surface area contributed by atoms with Gasteiger partial charge in [-0.25, -0.2) is 0 Å². The van der Waals surface area contributed by atoms with Gasteiger partial charge in [0.2, 0.25) is 0 Å². The molecular formula is C15H21ClO3. The lowest BCUT2D eigenvalue weighted by molar-refractivity contribution is -0.127. The summed E-state index contributed by atoms with van der Waals surface area (Å²) in [4.78, 5) is 0. The van der Waals surface area contributed by atoms with Gasteiger partial charge in [-0.3, -0.25) is 0 Å². The standard InChI is InChI=1S/C15H21ClO3/c1-2-8-19-15-13(16)11-14(15)18-10-9-17-12-6-4-3-5-7-12/h3-7,13-15H,2,8-11H2,1H3. The predicted octanol–water partition coefficient (Wildman–Crippen LogP) is 3.26. The summed E-state index contributed by atoms with van der Waals surface area (Å²) in [6.45, 7) is 3.95. The van der Waals surface area contributed by atoms with Crippen LogP contribution in [0.1, 0.15) is 19.8 Å². The van der Waals surface area contributed by atoms with Crippen LogP contribution in [0.15, 0.2) is 30.3 Å². The predicted molar refractivity (Wildman–Crippen MR) is 76.0 cm³/mol. The van der Waals surface area contributed by atoms with Gasteiger partial charge in [0.15, 0.2) is 0 Å². The monoisotopic (exact) mass is 284 g/mol. The van der Waals surface area contributed by atoms with Gasteiger partial charge in [0, 0.05) is 6.61 Å². The van der Waals surface area contributed by atoms with Crippen molar-refractivity contribution < 1.29 is 14.2 Å². The Hall–Kier alpha value is -0.770. The number of hydrogen-bond donors (Lipinski definition) is 0. The fourth-order valence-electron chi connectivity index (χ4n) is 2.03. The Morgan fingerprint density at radius 1 is 1.11 bits per heavy atom. The third-order valence-electron chi connectivity index (χ3n) is 3.12. The Bertz CT molecular complexity index is 358. The van der Waals surface area contributed by atoms with Crippen LogP contribution in [0.5, 0.6) is 5.75 Å². The van der Waals surface area contributed by atoms with Crippen LogP contribution in [-0.4, -0.2) is 37.4 Å². The average Bonchev–Trinajstić information content (AvgIpc) is 2.43. The molecule has 106 valence electrons. The molecule has 1 aliphatic rings. The minimum Gasteiger partial charge on any atom is -0.491 e. The summed E-state index contributed by atoms with van der Waals surface area (Å²) in [5.74, 6) is 0.869. The molecule has 1 fully saturated rings. The van der Waals surface area contributed by atoms with Crippen molar-refractivity contribution in [3.05, 3.63) is 30.3 Å². The molecule has 0 N–H and O–H groups in total. The summed E-state index contributed by atoms with van der Waals surface area (Å²) in [6.07, 6.45) is 2.03. The second-order valence-corrected chi connectivity index (χ2v) is 5.22. The van der Waals surface area contributed by atoms with Gasteiger partial charge in [-0.15, -0.1) is 11.6 Å². The molecule has 0 saturated heterocycles. The van der Waals surface area contributed by atoms with Crippen molar-refractivity contribution in [3.63, 3.8) is 0 Å².